The number of piperidine rings is 1. The highest BCUT2D eigenvalue weighted by Crippen LogP contribution is 2.32. The molecule has 0 atom stereocenters. The van der Waals surface area contributed by atoms with Gasteiger partial charge in [0.1, 0.15) is 0 Å². The Labute approximate surface area is 147 Å². The first-order chi connectivity index (χ1) is 10.8. The first-order valence-electron chi connectivity index (χ1n) is 7.19. The van der Waals surface area contributed by atoms with Crippen LogP contribution in [0, 0.1) is 0 Å². The van der Waals surface area contributed by atoms with E-state index >= 15 is 0 Å². The van der Waals surface area contributed by atoms with Crippen molar-refractivity contribution in [1.82, 2.24) is 8.87 Å². The summed E-state index contributed by atoms with van der Waals surface area (Å²) in [6, 6.07) is 1.92. The van der Waals surface area contributed by atoms with Crippen molar-refractivity contribution >= 4 is 53.5 Å². The number of nitrogens with zero attached hydrogens (tertiary/aromatic N) is 2. The SMILES string of the molecule is Cn1cc(Br)c2sc(C=C3CCN(S(C)(=O)=O)CC3)cc2c1=O. The van der Waals surface area contributed by atoms with Crippen LogP contribution in [0.5, 0.6) is 0 Å². The first-order valence-corrected chi connectivity index (χ1v) is 10.6. The van der Waals surface area contributed by atoms with Crippen LogP contribution in [0.15, 0.2) is 27.1 Å². The maximum Gasteiger partial charge on any atom is 0.259 e. The van der Waals surface area contributed by atoms with Crippen LogP contribution in [-0.2, 0) is 17.1 Å². The number of halogens is 1. The summed E-state index contributed by atoms with van der Waals surface area (Å²) in [5.74, 6) is 0. The number of rotatable bonds is 2. The van der Waals surface area contributed by atoms with E-state index in [-0.39, 0.29) is 5.56 Å². The van der Waals surface area contributed by atoms with Crippen molar-refractivity contribution in [2.75, 3.05) is 19.3 Å². The second kappa shape index (κ2) is 6.16. The van der Waals surface area contributed by atoms with Gasteiger partial charge < -0.3 is 4.57 Å². The molecule has 0 amide bonds. The molecule has 124 valence electrons. The van der Waals surface area contributed by atoms with E-state index in [1.807, 2.05) is 6.07 Å². The topological polar surface area (TPSA) is 59.4 Å². The Morgan fingerprint density at radius 2 is 1.96 bits per heavy atom. The van der Waals surface area contributed by atoms with E-state index < -0.39 is 10.0 Å². The standard InChI is InChI=1S/C15H17BrN2O3S2/c1-17-9-13(16)14-12(15(17)19)8-11(22-14)7-10-3-5-18(6-4-10)23(2,20)21/h7-9H,3-6H2,1-2H3. The quantitative estimate of drug-likeness (QED) is 0.755. The van der Waals surface area contributed by atoms with Gasteiger partial charge in [0.25, 0.3) is 5.56 Å². The highest BCUT2D eigenvalue weighted by Gasteiger charge is 2.21. The van der Waals surface area contributed by atoms with Gasteiger partial charge in [0.15, 0.2) is 0 Å². The Morgan fingerprint density at radius 1 is 1.30 bits per heavy atom. The number of pyridine rings is 1. The fourth-order valence-corrected chi connectivity index (χ4v) is 5.40. The van der Waals surface area contributed by atoms with Crippen LogP contribution in [0.2, 0.25) is 0 Å². The molecule has 0 spiro atoms. The number of thiophene rings is 1. The summed E-state index contributed by atoms with van der Waals surface area (Å²) in [4.78, 5) is 13.2. The minimum atomic E-state index is -3.10. The lowest BCUT2D eigenvalue weighted by atomic mass is 10.0. The van der Waals surface area contributed by atoms with Crippen LogP contribution in [0.1, 0.15) is 17.7 Å². The molecule has 2 aromatic heterocycles. The fraction of sp³-hybridized carbons (Fsp3) is 0.400. The summed E-state index contributed by atoms with van der Waals surface area (Å²) in [7, 11) is -1.36. The number of sulfonamides is 1. The van der Waals surface area contributed by atoms with Crippen molar-refractivity contribution < 1.29 is 8.42 Å². The van der Waals surface area contributed by atoms with Crippen molar-refractivity contribution in [2.45, 2.75) is 12.8 Å². The van der Waals surface area contributed by atoms with Gasteiger partial charge in [-0.3, -0.25) is 4.79 Å². The number of aromatic nitrogens is 1. The van der Waals surface area contributed by atoms with Gasteiger partial charge in [0, 0.05) is 31.2 Å². The molecule has 3 heterocycles. The molecule has 1 saturated heterocycles. The molecule has 1 fully saturated rings. The molecule has 0 aliphatic carbocycles. The van der Waals surface area contributed by atoms with Crippen LogP contribution in [0.4, 0.5) is 0 Å². The van der Waals surface area contributed by atoms with Crippen LogP contribution in [0.25, 0.3) is 16.2 Å². The summed E-state index contributed by atoms with van der Waals surface area (Å²) in [5, 5.41) is 0.715. The molecule has 0 radical (unpaired) electrons. The number of fused-ring (bicyclic) bond motifs is 1. The first kappa shape index (κ1) is 16.9. The van der Waals surface area contributed by atoms with Gasteiger partial charge in [-0.2, -0.15) is 0 Å². The second-order valence-electron chi connectivity index (χ2n) is 5.75. The largest absolute Gasteiger partial charge is 0.317 e. The zero-order valence-corrected chi connectivity index (χ0v) is 16.1. The Bertz CT molecular complexity index is 947. The van der Waals surface area contributed by atoms with Crippen molar-refractivity contribution in [2.24, 2.45) is 7.05 Å². The molecule has 2 aromatic rings. The molecule has 5 nitrogen and oxygen atoms in total. The molecule has 0 N–H and O–H groups in total. The highest BCUT2D eigenvalue weighted by atomic mass is 79.9. The molecule has 0 saturated carbocycles. The molecule has 0 unspecified atom stereocenters. The van der Waals surface area contributed by atoms with E-state index in [1.165, 1.54) is 16.1 Å². The molecule has 0 bridgehead atoms. The molecule has 8 heteroatoms. The molecular weight excluding hydrogens is 400 g/mol. The van der Waals surface area contributed by atoms with E-state index in [0.717, 1.165) is 26.9 Å². The van der Waals surface area contributed by atoms with Gasteiger partial charge in [-0.1, -0.05) is 5.57 Å². The van der Waals surface area contributed by atoms with Crippen LogP contribution in [-0.4, -0.2) is 36.6 Å². The van der Waals surface area contributed by atoms with Crippen molar-refractivity contribution in [3.8, 4) is 0 Å². The minimum Gasteiger partial charge on any atom is -0.317 e. The summed E-state index contributed by atoms with van der Waals surface area (Å²) >= 11 is 5.09. The van der Waals surface area contributed by atoms with Crippen LogP contribution >= 0.6 is 27.3 Å². The lowest BCUT2D eigenvalue weighted by Crippen LogP contribution is -2.35. The molecular formula is C15H17BrN2O3S2. The van der Waals surface area contributed by atoms with E-state index in [0.29, 0.717) is 18.5 Å². The average molecular weight is 417 g/mol. The molecule has 23 heavy (non-hydrogen) atoms. The van der Waals surface area contributed by atoms with Crippen molar-refractivity contribution in [3.63, 3.8) is 0 Å². The normalized spacial score (nSPS) is 16.9. The predicted octanol–water partition coefficient (Wildman–Crippen LogP) is 2.80. The third kappa shape index (κ3) is 3.45. The van der Waals surface area contributed by atoms with Gasteiger partial charge in [-0.15, -0.1) is 11.3 Å². The van der Waals surface area contributed by atoms with Gasteiger partial charge in [0.05, 0.1) is 20.8 Å². The van der Waals surface area contributed by atoms with Crippen LogP contribution in [0.3, 0.4) is 0 Å². The van der Waals surface area contributed by atoms with E-state index in [1.54, 1.807) is 29.1 Å². The number of hydrogen-bond donors (Lipinski definition) is 0. The highest BCUT2D eigenvalue weighted by molar-refractivity contribution is 9.10. The smallest absolute Gasteiger partial charge is 0.259 e. The summed E-state index contributed by atoms with van der Waals surface area (Å²) in [6.45, 7) is 1.06. The average Bonchev–Trinajstić information content (AvgIpc) is 2.89. The number of hydrogen-bond acceptors (Lipinski definition) is 4. The van der Waals surface area contributed by atoms with Gasteiger partial charge >= 0.3 is 0 Å². The zero-order chi connectivity index (χ0) is 16.8. The zero-order valence-electron chi connectivity index (χ0n) is 12.9. The maximum atomic E-state index is 12.2. The number of aryl methyl sites for hydroxylation is 1. The van der Waals surface area contributed by atoms with Crippen LogP contribution < -0.4 is 5.56 Å². The third-order valence-electron chi connectivity index (χ3n) is 4.01. The van der Waals surface area contributed by atoms with Gasteiger partial charge in [-0.05, 0) is 40.9 Å². The molecule has 1 aliphatic heterocycles. The second-order valence-corrected chi connectivity index (χ2v) is 9.67. The molecule has 0 aromatic carbocycles. The third-order valence-corrected chi connectivity index (χ3v) is 7.29. The Morgan fingerprint density at radius 3 is 2.57 bits per heavy atom. The summed E-state index contributed by atoms with van der Waals surface area (Å²) < 4.78 is 28.0. The fourth-order valence-electron chi connectivity index (χ4n) is 2.75. The Hall–Kier alpha value is -0.960. The van der Waals surface area contributed by atoms with Crippen molar-refractivity contribution in [3.05, 3.63) is 37.5 Å². The lowest BCUT2D eigenvalue weighted by molar-refractivity contribution is 0.391. The Kier molecular flexibility index (Phi) is 4.52. The monoisotopic (exact) mass is 416 g/mol. The molecule has 1 aliphatic rings. The Balaban J connectivity index is 1.90. The van der Waals surface area contributed by atoms with E-state index in [2.05, 4.69) is 22.0 Å². The maximum absolute atomic E-state index is 12.2. The predicted molar refractivity (Wildman–Crippen MR) is 98.4 cm³/mol. The molecule has 3 rings (SSSR count). The van der Waals surface area contributed by atoms with Gasteiger partial charge in [-0.25, -0.2) is 12.7 Å². The minimum absolute atomic E-state index is 0.00371. The van der Waals surface area contributed by atoms with E-state index in [9.17, 15) is 13.2 Å². The van der Waals surface area contributed by atoms with Gasteiger partial charge in [0.2, 0.25) is 10.0 Å². The summed E-state index contributed by atoms with van der Waals surface area (Å²) in [6.07, 6.45) is 6.60. The van der Waals surface area contributed by atoms with Crippen molar-refractivity contribution in [1.29, 1.82) is 0 Å². The van der Waals surface area contributed by atoms with E-state index in [4.69, 9.17) is 0 Å². The summed E-state index contributed by atoms with van der Waals surface area (Å²) in [5.41, 5.74) is 1.22. The lowest BCUT2D eigenvalue weighted by Gasteiger charge is -2.26.